The van der Waals surface area contributed by atoms with E-state index >= 15 is 52.7 Å². The van der Waals surface area contributed by atoms with E-state index in [1.165, 1.54) is 0 Å². The lowest BCUT2D eigenvalue weighted by Gasteiger charge is -2.39. The zero-order chi connectivity index (χ0) is 62.1. The van der Waals surface area contributed by atoms with E-state index in [0.717, 1.165) is 38.2 Å². The van der Waals surface area contributed by atoms with Crippen molar-refractivity contribution < 1.29 is 127 Å². The molecule has 0 atom stereocenters. The van der Waals surface area contributed by atoms with E-state index in [9.17, 15) is 55.1 Å². The van der Waals surface area contributed by atoms with Gasteiger partial charge >= 0.3 is 60.8 Å². The zero-order valence-electron chi connectivity index (χ0n) is 41.3. The first-order valence-electron chi connectivity index (χ1n) is 22.9. The minimum atomic E-state index is -6.58. The molecule has 8 rings (SSSR count). The van der Waals surface area contributed by atoms with Crippen LogP contribution in [0.1, 0.15) is 90.0 Å². The molecule has 0 unspecified atom stereocenters. The Morgan fingerprint density at radius 2 is 0.726 bits per heavy atom. The third-order valence-electron chi connectivity index (χ3n) is 13.1. The van der Waals surface area contributed by atoms with E-state index in [4.69, 9.17) is 9.47 Å². The number of alkyl halides is 12. The molecule has 0 N–H and O–H groups in total. The first-order chi connectivity index (χ1) is 39.0. The maximum Gasteiger partial charge on any atom is 0.411 e. The number of carbonyl (C=O) groups excluding carboxylic acids is 6. The fraction of sp³-hybridized carbons (Fsp3) is 0.148. The van der Waals surface area contributed by atoms with Crippen LogP contribution in [0.5, 0.6) is 23.0 Å². The summed E-state index contributed by atoms with van der Waals surface area (Å²) in [6, 6.07) is 2.97. The lowest BCUT2D eigenvalue weighted by Crippen LogP contribution is -2.55. The largest absolute Gasteiger partial charge is 0.428 e. The second kappa shape index (κ2) is 21.3. The highest BCUT2D eigenvalue weighted by atomic mass is 19.4. The van der Waals surface area contributed by atoms with Gasteiger partial charge in [0.1, 0.15) is 17.2 Å². The summed E-state index contributed by atoms with van der Waals surface area (Å²) in [5, 5.41) is 0. The molecule has 0 aromatic heterocycles. The van der Waals surface area contributed by atoms with E-state index in [-0.39, 0.29) is 65.6 Å². The van der Waals surface area contributed by atoms with Crippen molar-refractivity contribution in [3.8, 4) is 23.0 Å². The molecule has 6 aromatic carbocycles. The summed E-state index contributed by atoms with van der Waals surface area (Å²) in [7, 11) is 0.864. The lowest BCUT2D eigenvalue weighted by atomic mass is 9.71. The zero-order valence-corrected chi connectivity index (χ0v) is 41.3. The van der Waals surface area contributed by atoms with Gasteiger partial charge in [0.2, 0.25) is 10.8 Å². The van der Waals surface area contributed by atoms with Gasteiger partial charge in [-0.15, -0.1) is 0 Å². The molecule has 0 saturated heterocycles. The molecule has 438 valence electrons. The van der Waals surface area contributed by atoms with Crippen molar-refractivity contribution in [2.75, 3.05) is 11.9 Å². The minimum absolute atomic E-state index is 0.0227. The first kappa shape index (κ1) is 60.5. The number of benzene rings is 6. The van der Waals surface area contributed by atoms with Gasteiger partial charge in [0.15, 0.2) is 5.75 Å². The van der Waals surface area contributed by atoms with E-state index in [1.54, 1.807) is 0 Å². The van der Waals surface area contributed by atoms with Crippen molar-refractivity contribution >= 4 is 41.3 Å². The molecular formula is C54H26F18N2O10. The van der Waals surface area contributed by atoms with E-state index in [0.29, 0.717) is 41.3 Å². The third-order valence-corrected chi connectivity index (χ3v) is 13.1. The number of hydrogen-bond donors (Lipinski definition) is 0. The minimum Gasteiger partial charge on any atom is -0.428 e. The second-order valence-electron chi connectivity index (χ2n) is 17.9. The third kappa shape index (κ3) is 10.2. The maximum atomic E-state index is 15.8. The number of imide groups is 2. The average molecular weight is 1200 g/mol. The Bertz CT molecular complexity index is 3780. The molecule has 2 aliphatic rings. The van der Waals surface area contributed by atoms with Crippen LogP contribution in [0.2, 0.25) is 0 Å². The summed E-state index contributed by atoms with van der Waals surface area (Å²) < 4.78 is 284. The summed E-state index contributed by atoms with van der Waals surface area (Å²) in [6.07, 6.45) is -32.0. The molecule has 4 amide bonds. The molecular weight excluding hydrogens is 1180 g/mol. The molecule has 0 spiro atoms. The smallest absolute Gasteiger partial charge is 0.411 e. The Morgan fingerprint density at radius 1 is 0.393 bits per heavy atom. The van der Waals surface area contributed by atoms with Gasteiger partial charge in [-0.05, 0) is 126 Å². The summed E-state index contributed by atoms with van der Waals surface area (Å²) in [5.41, 5.74) is -25.6. The Kier molecular flexibility index (Phi) is 15.3. The predicted octanol–water partition coefficient (Wildman–Crippen LogP) is 14.1. The Morgan fingerprint density at radius 3 is 1.13 bits per heavy atom. The number of anilines is 1. The summed E-state index contributed by atoms with van der Waals surface area (Å²) in [5.74, 6) is -12.8. The molecule has 2 aliphatic heterocycles. The van der Waals surface area contributed by atoms with Gasteiger partial charge in [-0.3, -0.25) is 24.1 Å². The van der Waals surface area contributed by atoms with Crippen molar-refractivity contribution in [1.29, 1.82) is 0 Å². The highest BCUT2D eigenvalue weighted by molar-refractivity contribution is 6.35. The molecule has 0 aliphatic carbocycles. The van der Waals surface area contributed by atoms with Crippen LogP contribution in [-0.2, 0) is 10.8 Å². The number of rotatable bonds is 13. The number of esters is 2. The number of amides is 4. The van der Waals surface area contributed by atoms with Gasteiger partial charge in [0.05, 0.1) is 39.1 Å². The number of ether oxygens (including phenoxy) is 4. The maximum absolute atomic E-state index is 15.8. The van der Waals surface area contributed by atoms with Crippen molar-refractivity contribution in [3.05, 3.63) is 207 Å². The molecule has 2 heterocycles. The van der Waals surface area contributed by atoms with Crippen molar-refractivity contribution in [2.45, 2.75) is 42.5 Å². The number of fused-ring (bicyclic) bond motifs is 2. The molecule has 6 aromatic rings. The molecule has 30 heteroatoms. The summed E-state index contributed by atoms with van der Waals surface area (Å²) in [6.45, 7) is 0.850. The number of nitrogens with zero attached hydrogens (tertiary/aromatic N) is 2. The van der Waals surface area contributed by atoms with E-state index in [2.05, 4.69) is 9.47 Å². The van der Waals surface area contributed by atoms with Crippen LogP contribution in [0.25, 0.3) is 0 Å². The molecule has 0 fully saturated rings. The van der Waals surface area contributed by atoms with Gasteiger partial charge in [0, 0.05) is 7.05 Å². The van der Waals surface area contributed by atoms with Crippen LogP contribution >= 0.6 is 0 Å². The van der Waals surface area contributed by atoms with Crippen LogP contribution < -0.4 is 23.8 Å². The number of carbonyl (C=O) groups is 6. The normalized spacial score (nSPS) is 13.9. The Labute approximate surface area is 456 Å². The lowest BCUT2D eigenvalue weighted by molar-refractivity contribution is -0.290. The number of hydrogen-bond acceptors (Lipinski definition) is 10. The van der Waals surface area contributed by atoms with Crippen molar-refractivity contribution in [3.63, 3.8) is 0 Å². The van der Waals surface area contributed by atoms with Gasteiger partial charge < -0.3 is 18.9 Å². The van der Waals surface area contributed by atoms with Crippen LogP contribution in [0, 0.1) is 6.92 Å². The van der Waals surface area contributed by atoms with Crippen molar-refractivity contribution in [2.24, 2.45) is 0 Å². The Hall–Kier alpha value is -9.64. The predicted molar refractivity (Wildman–Crippen MR) is 249 cm³/mol. The fourth-order valence-corrected chi connectivity index (χ4v) is 9.18. The van der Waals surface area contributed by atoms with Gasteiger partial charge in [-0.2, -0.15) is 79.0 Å². The standard InChI is InChI=1S/C54H26F18N2O10/c1-23-19-26(9-17-37(23)83-47(79)24-3-11-30(12-4-24)81-41(59)39(55)56)49(51(61,62)63,52(64,65)66)29-10-18-38(84-48(80)25-5-13-31(14-6-25)82-42(60)40(57)58)36(22-29)74-45(77)33-16-8-28(21-35(33)46(74)78)50(53(67,68)69,54(70,71)72)27-7-15-32-34(20-27)44(76)73(2)43(32)75/h3-22H,1-2H3. The molecule has 0 radical (unpaired) electrons. The SMILES string of the molecule is Cc1cc(C(c2ccc(OC(=O)c3ccc(OC(F)=C(F)F)cc3)c(N3C(=O)c4ccc(C(c5ccc6c(c5)C(=O)N(C)C6=O)(C(F)(F)F)C(F)(F)F)cc4C3=O)c2)(C(F)(F)F)C(F)(F)F)ccc1OC(=O)c1ccc(OC(F)=C(F)F)cc1. The van der Waals surface area contributed by atoms with Gasteiger partial charge in [-0.1, -0.05) is 30.3 Å². The fourth-order valence-electron chi connectivity index (χ4n) is 9.18. The van der Waals surface area contributed by atoms with Crippen LogP contribution in [0.3, 0.4) is 0 Å². The topological polar surface area (TPSA) is 146 Å². The van der Waals surface area contributed by atoms with Gasteiger partial charge in [-0.25, -0.2) is 14.5 Å². The Balaban J connectivity index is 1.27. The summed E-state index contributed by atoms with van der Waals surface area (Å²) in [4.78, 5) is 80.8. The quantitative estimate of drug-likeness (QED) is 0.0360. The molecule has 0 bridgehead atoms. The number of aryl methyl sites for hydroxylation is 1. The average Bonchev–Trinajstić information content (AvgIpc) is 1.01. The van der Waals surface area contributed by atoms with E-state index in [1.807, 2.05) is 0 Å². The van der Waals surface area contributed by atoms with Crippen LogP contribution in [-0.4, -0.2) is 72.2 Å². The summed E-state index contributed by atoms with van der Waals surface area (Å²) >= 11 is 0. The monoisotopic (exact) mass is 1200 g/mol. The molecule has 0 saturated carbocycles. The van der Waals surface area contributed by atoms with Gasteiger partial charge in [0.25, 0.3) is 23.6 Å². The first-order valence-corrected chi connectivity index (χ1v) is 22.9. The van der Waals surface area contributed by atoms with Crippen molar-refractivity contribution in [1.82, 2.24) is 4.90 Å². The van der Waals surface area contributed by atoms with Crippen LogP contribution in [0.15, 0.2) is 146 Å². The highest BCUT2D eigenvalue weighted by Gasteiger charge is 2.74. The van der Waals surface area contributed by atoms with E-state index < -0.39 is 185 Å². The highest BCUT2D eigenvalue weighted by Crippen LogP contribution is 2.59. The van der Waals surface area contributed by atoms with Crippen LogP contribution in [0.4, 0.5) is 84.7 Å². The number of halogens is 18. The second-order valence-corrected chi connectivity index (χ2v) is 17.9. The molecule has 84 heavy (non-hydrogen) atoms. The molecule has 12 nitrogen and oxygen atoms in total.